The van der Waals surface area contributed by atoms with Crippen molar-refractivity contribution in [1.82, 2.24) is 4.31 Å². The minimum absolute atomic E-state index is 0.000781. The van der Waals surface area contributed by atoms with Crippen molar-refractivity contribution in [2.24, 2.45) is 0 Å². The smallest absolute Gasteiger partial charge is 0.242 e. The molecule has 1 unspecified atom stereocenters. The summed E-state index contributed by atoms with van der Waals surface area (Å²) in [7, 11) is -2.25. The van der Waals surface area contributed by atoms with Gasteiger partial charge in [0.25, 0.3) is 0 Å². The Labute approximate surface area is 167 Å². The fourth-order valence-electron chi connectivity index (χ4n) is 2.68. The number of aliphatic hydroxyl groups is 1. The quantitative estimate of drug-likeness (QED) is 0.597. The van der Waals surface area contributed by atoms with E-state index in [1.165, 1.54) is 7.05 Å². The number of fused-ring (bicyclic) bond motifs is 1. The number of hydrogen-bond donors (Lipinski definition) is 1. The topological polar surface area (TPSA) is 66.8 Å². The predicted molar refractivity (Wildman–Crippen MR) is 109 cm³/mol. The van der Waals surface area contributed by atoms with E-state index in [-0.39, 0.29) is 18.0 Å². The molecular weight excluding hydrogens is 430 g/mol. The average Bonchev–Trinajstić information content (AvgIpc) is 2.67. The lowest BCUT2D eigenvalue weighted by atomic mass is 10.1. The van der Waals surface area contributed by atoms with Gasteiger partial charge in [-0.2, -0.15) is 4.31 Å². The average molecular weight is 450 g/mol. The maximum absolute atomic E-state index is 12.8. The van der Waals surface area contributed by atoms with Crippen molar-refractivity contribution < 1.29 is 18.3 Å². The number of nitrogens with zero attached hydrogens (tertiary/aromatic N) is 1. The summed E-state index contributed by atoms with van der Waals surface area (Å²) in [5.41, 5.74) is 0. The second-order valence-electron chi connectivity index (χ2n) is 6.21. The van der Waals surface area contributed by atoms with Crippen LogP contribution in [0, 0.1) is 0 Å². The molecule has 0 bridgehead atoms. The third-order valence-corrected chi connectivity index (χ3v) is 6.50. The molecule has 0 heterocycles. The molecule has 1 N–H and O–H groups in total. The standard InChI is InChI=1S/C20H20BrNO4S/c1-22(13-18(23)14-26-19-9-7-17(21)8-10-19)27(24,25)20-11-6-15-4-2-3-5-16(15)12-20/h2-12,18,23H,13-14H2,1H3. The summed E-state index contributed by atoms with van der Waals surface area (Å²) in [6, 6.07) is 19.8. The molecule has 1 atom stereocenters. The number of sulfonamides is 1. The van der Waals surface area contributed by atoms with Gasteiger partial charge in [-0.25, -0.2) is 8.42 Å². The molecule has 0 aliphatic heterocycles. The SMILES string of the molecule is CN(CC(O)COc1ccc(Br)cc1)S(=O)(=O)c1ccc2ccccc2c1. The van der Waals surface area contributed by atoms with Gasteiger partial charge in [-0.1, -0.05) is 46.3 Å². The summed E-state index contributed by atoms with van der Waals surface area (Å²) >= 11 is 3.34. The van der Waals surface area contributed by atoms with Gasteiger partial charge in [0.05, 0.1) is 4.90 Å². The first kappa shape index (κ1) is 19.8. The van der Waals surface area contributed by atoms with Gasteiger partial charge in [-0.3, -0.25) is 0 Å². The van der Waals surface area contributed by atoms with Crippen LogP contribution in [0.25, 0.3) is 10.8 Å². The number of likely N-dealkylation sites (N-methyl/N-ethyl adjacent to an activating group) is 1. The molecule has 3 rings (SSSR count). The van der Waals surface area contributed by atoms with E-state index in [1.54, 1.807) is 30.3 Å². The summed E-state index contributed by atoms with van der Waals surface area (Å²) in [5, 5.41) is 12.0. The van der Waals surface area contributed by atoms with Gasteiger partial charge in [0, 0.05) is 18.1 Å². The van der Waals surface area contributed by atoms with Crippen molar-refractivity contribution in [3.8, 4) is 5.75 Å². The van der Waals surface area contributed by atoms with Gasteiger partial charge in [0.1, 0.15) is 18.5 Å². The lowest BCUT2D eigenvalue weighted by Crippen LogP contribution is -2.37. The maximum Gasteiger partial charge on any atom is 0.242 e. The van der Waals surface area contributed by atoms with Crippen molar-refractivity contribution in [3.63, 3.8) is 0 Å². The van der Waals surface area contributed by atoms with Gasteiger partial charge in [0.15, 0.2) is 0 Å². The van der Waals surface area contributed by atoms with Crippen LogP contribution in [-0.4, -0.2) is 44.1 Å². The van der Waals surface area contributed by atoms with Gasteiger partial charge < -0.3 is 9.84 Å². The van der Waals surface area contributed by atoms with E-state index in [0.29, 0.717) is 5.75 Å². The van der Waals surface area contributed by atoms with Gasteiger partial charge in [-0.15, -0.1) is 0 Å². The predicted octanol–water partition coefficient (Wildman–Crippen LogP) is 3.66. The highest BCUT2D eigenvalue weighted by molar-refractivity contribution is 9.10. The van der Waals surface area contributed by atoms with Crippen LogP contribution < -0.4 is 4.74 Å². The van der Waals surface area contributed by atoms with Crippen LogP contribution in [0.4, 0.5) is 0 Å². The number of halogens is 1. The lowest BCUT2D eigenvalue weighted by Gasteiger charge is -2.21. The molecule has 0 fully saturated rings. The van der Waals surface area contributed by atoms with Crippen molar-refractivity contribution in [3.05, 3.63) is 71.2 Å². The molecule has 0 aliphatic rings. The van der Waals surface area contributed by atoms with Crippen molar-refractivity contribution in [2.75, 3.05) is 20.2 Å². The Kier molecular flexibility index (Phi) is 6.16. The highest BCUT2D eigenvalue weighted by Crippen LogP contribution is 2.21. The summed E-state index contributed by atoms with van der Waals surface area (Å²) in [4.78, 5) is 0.199. The first-order chi connectivity index (χ1) is 12.9. The number of hydrogen-bond acceptors (Lipinski definition) is 4. The molecular formula is C20H20BrNO4S. The molecule has 7 heteroatoms. The van der Waals surface area contributed by atoms with Crippen LogP contribution in [-0.2, 0) is 10.0 Å². The van der Waals surface area contributed by atoms with Crippen molar-refractivity contribution in [1.29, 1.82) is 0 Å². The van der Waals surface area contributed by atoms with E-state index in [9.17, 15) is 13.5 Å². The number of rotatable bonds is 7. The maximum atomic E-state index is 12.8. The van der Waals surface area contributed by atoms with E-state index >= 15 is 0 Å². The molecule has 142 valence electrons. The van der Waals surface area contributed by atoms with Crippen LogP contribution in [0.1, 0.15) is 0 Å². The van der Waals surface area contributed by atoms with Gasteiger partial charge in [-0.05, 0) is 47.2 Å². The van der Waals surface area contributed by atoms with Crippen molar-refractivity contribution >= 4 is 36.7 Å². The molecule has 0 saturated carbocycles. The van der Waals surface area contributed by atoms with E-state index < -0.39 is 16.1 Å². The molecule has 5 nitrogen and oxygen atoms in total. The molecule has 3 aromatic rings. The van der Waals surface area contributed by atoms with E-state index in [0.717, 1.165) is 19.6 Å². The molecule has 3 aromatic carbocycles. The first-order valence-electron chi connectivity index (χ1n) is 8.38. The van der Waals surface area contributed by atoms with E-state index in [2.05, 4.69) is 15.9 Å². The monoisotopic (exact) mass is 449 g/mol. The highest BCUT2D eigenvalue weighted by atomic mass is 79.9. The first-order valence-corrected chi connectivity index (χ1v) is 10.6. The zero-order valence-corrected chi connectivity index (χ0v) is 17.2. The van der Waals surface area contributed by atoms with Crippen LogP contribution in [0.15, 0.2) is 76.1 Å². The zero-order valence-electron chi connectivity index (χ0n) is 14.7. The van der Waals surface area contributed by atoms with Gasteiger partial charge in [0.2, 0.25) is 10.0 Å². The minimum Gasteiger partial charge on any atom is -0.491 e. The fourth-order valence-corrected chi connectivity index (χ4v) is 4.19. The fraction of sp³-hybridized carbons (Fsp3) is 0.200. The minimum atomic E-state index is -3.70. The highest BCUT2D eigenvalue weighted by Gasteiger charge is 2.23. The Bertz CT molecular complexity index is 1020. The number of benzene rings is 3. The largest absolute Gasteiger partial charge is 0.491 e. The Morgan fingerprint density at radius 1 is 1.04 bits per heavy atom. The second-order valence-corrected chi connectivity index (χ2v) is 9.17. The second kappa shape index (κ2) is 8.39. The van der Waals surface area contributed by atoms with Crippen LogP contribution in [0.5, 0.6) is 5.75 Å². The van der Waals surface area contributed by atoms with E-state index in [1.807, 2.05) is 36.4 Å². The normalized spacial score (nSPS) is 13.0. The number of aliphatic hydroxyl groups excluding tert-OH is 1. The Hall–Kier alpha value is -1.93. The molecule has 27 heavy (non-hydrogen) atoms. The molecule has 0 aromatic heterocycles. The van der Waals surface area contributed by atoms with Crippen molar-refractivity contribution in [2.45, 2.75) is 11.0 Å². The van der Waals surface area contributed by atoms with E-state index in [4.69, 9.17) is 4.74 Å². The number of ether oxygens (including phenoxy) is 1. The zero-order chi connectivity index (χ0) is 19.4. The lowest BCUT2D eigenvalue weighted by molar-refractivity contribution is 0.0935. The molecule has 0 amide bonds. The Balaban J connectivity index is 1.65. The molecule has 0 spiro atoms. The Morgan fingerprint density at radius 3 is 2.41 bits per heavy atom. The third-order valence-electron chi connectivity index (χ3n) is 4.15. The van der Waals surface area contributed by atoms with Crippen LogP contribution in [0.2, 0.25) is 0 Å². The summed E-state index contributed by atoms with van der Waals surface area (Å²) in [5.74, 6) is 0.609. The summed E-state index contributed by atoms with van der Waals surface area (Å²) in [6.45, 7) is -0.0646. The van der Waals surface area contributed by atoms with Crippen LogP contribution in [0.3, 0.4) is 0 Å². The Morgan fingerprint density at radius 2 is 1.70 bits per heavy atom. The molecule has 0 radical (unpaired) electrons. The van der Waals surface area contributed by atoms with Crippen LogP contribution >= 0.6 is 15.9 Å². The molecule has 0 aliphatic carbocycles. The molecule has 0 saturated heterocycles. The summed E-state index contributed by atoms with van der Waals surface area (Å²) < 4.78 is 33.2. The third kappa shape index (κ3) is 4.87. The summed E-state index contributed by atoms with van der Waals surface area (Å²) in [6.07, 6.45) is -0.950. The van der Waals surface area contributed by atoms with Gasteiger partial charge >= 0.3 is 0 Å².